The van der Waals surface area contributed by atoms with Crippen LogP contribution in [0.3, 0.4) is 0 Å². The molecule has 94 valence electrons. The molecule has 2 heteroatoms. The van der Waals surface area contributed by atoms with Gasteiger partial charge in [0, 0.05) is 11.6 Å². The molecule has 1 heterocycles. The number of aromatic nitrogens is 2. The van der Waals surface area contributed by atoms with Crippen molar-refractivity contribution in [2.75, 3.05) is 0 Å². The van der Waals surface area contributed by atoms with Gasteiger partial charge >= 0.3 is 0 Å². The van der Waals surface area contributed by atoms with Crippen molar-refractivity contribution >= 4 is 10.9 Å². The number of hydrogen-bond donors (Lipinski definition) is 0. The van der Waals surface area contributed by atoms with E-state index in [9.17, 15) is 0 Å². The zero-order valence-electron chi connectivity index (χ0n) is 11.9. The van der Waals surface area contributed by atoms with E-state index in [1.807, 2.05) is 40.0 Å². The van der Waals surface area contributed by atoms with Gasteiger partial charge in [0.25, 0.3) is 0 Å². The second kappa shape index (κ2) is 8.68. The van der Waals surface area contributed by atoms with Gasteiger partial charge < -0.3 is 0 Å². The molecule has 0 aliphatic heterocycles. The topological polar surface area (TPSA) is 25.8 Å². The lowest BCUT2D eigenvalue weighted by Gasteiger charge is -2.05. The highest BCUT2D eigenvalue weighted by molar-refractivity contribution is 5.78. The van der Waals surface area contributed by atoms with E-state index < -0.39 is 0 Å². The van der Waals surface area contributed by atoms with Crippen LogP contribution in [-0.2, 0) is 0 Å². The summed E-state index contributed by atoms with van der Waals surface area (Å²) >= 11 is 0. The van der Waals surface area contributed by atoms with Crippen molar-refractivity contribution < 1.29 is 0 Å². The van der Waals surface area contributed by atoms with E-state index >= 15 is 0 Å². The van der Waals surface area contributed by atoms with Gasteiger partial charge in [-0.25, -0.2) is 9.97 Å². The predicted molar refractivity (Wildman–Crippen MR) is 76.3 cm³/mol. The molecule has 0 amide bonds. The van der Waals surface area contributed by atoms with Crippen LogP contribution in [0.25, 0.3) is 10.9 Å². The summed E-state index contributed by atoms with van der Waals surface area (Å²) in [4.78, 5) is 8.17. The number of fused-ring (bicyclic) bond motifs is 1. The van der Waals surface area contributed by atoms with E-state index in [4.69, 9.17) is 0 Å². The molecule has 17 heavy (non-hydrogen) atoms. The fraction of sp³-hybridized carbons (Fsp3) is 0.467. The normalized spacial score (nSPS) is 9.12. The smallest absolute Gasteiger partial charge is 0.116 e. The van der Waals surface area contributed by atoms with Crippen LogP contribution in [0.2, 0.25) is 0 Å². The molecule has 0 radical (unpaired) electrons. The standard InChI is InChI=1S/C11H12N2.2C2H6/c1-8(2)9-3-4-11-10(5-9)6-12-7-13-11;2*1-2/h3-8H,1-2H3;2*1-2H3. The summed E-state index contributed by atoms with van der Waals surface area (Å²) in [6.07, 6.45) is 3.44. The molecular formula is C15H24N2. The lowest BCUT2D eigenvalue weighted by Crippen LogP contribution is -1.88. The quantitative estimate of drug-likeness (QED) is 0.705. The van der Waals surface area contributed by atoms with Gasteiger partial charge in [0.05, 0.1) is 5.52 Å². The van der Waals surface area contributed by atoms with E-state index in [0.717, 1.165) is 10.9 Å². The first kappa shape index (κ1) is 15.6. The van der Waals surface area contributed by atoms with E-state index in [-0.39, 0.29) is 0 Å². The molecule has 1 aromatic heterocycles. The SMILES string of the molecule is CC.CC.CC(C)c1ccc2ncncc2c1. The molecule has 0 atom stereocenters. The minimum Gasteiger partial charge on any atom is -0.244 e. The zero-order valence-corrected chi connectivity index (χ0v) is 11.9. The van der Waals surface area contributed by atoms with Gasteiger partial charge in [0.2, 0.25) is 0 Å². The van der Waals surface area contributed by atoms with Gasteiger partial charge in [-0.05, 0) is 23.6 Å². The molecule has 0 aliphatic rings. The molecule has 2 rings (SSSR count). The Hall–Kier alpha value is -1.44. The van der Waals surface area contributed by atoms with E-state index in [1.54, 1.807) is 6.33 Å². The Morgan fingerprint density at radius 3 is 2.24 bits per heavy atom. The van der Waals surface area contributed by atoms with E-state index in [2.05, 4.69) is 35.9 Å². The minimum atomic E-state index is 0.560. The first-order valence-electron chi connectivity index (χ1n) is 6.47. The molecule has 1 aromatic carbocycles. The summed E-state index contributed by atoms with van der Waals surface area (Å²) in [7, 11) is 0. The maximum Gasteiger partial charge on any atom is 0.116 e. The number of benzene rings is 1. The maximum atomic E-state index is 4.17. The fourth-order valence-electron chi connectivity index (χ4n) is 1.36. The van der Waals surface area contributed by atoms with Crippen molar-refractivity contribution in [3.05, 3.63) is 36.3 Å². The Bertz CT molecular complexity index is 422. The summed E-state index contributed by atoms with van der Waals surface area (Å²) in [6.45, 7) is 12.4. The van der Waals surface area contributed by atoms with Gasteiger partial charge in [-0.2, -0.15) is 0 Å². The number of hydrogen-bond acceptors (Lipinski definition) is 2. The third-order valence-electron chi connectivity index (χ3n) is 2.20. The van der Waals surface area contributed by atoms with Crippen LogP contribution in [0.15, 0.2) is 30.7 Å². The average Bonchev–Trinajstić information content (AvgIpc) is 2.42. The van der Waals surface area contributed by atoms with Crippen molar-refractivity contribution in [3.8, 4) is 0 Å². The molecule has 0 N–H and O–H groups in total. The summed E-state index contributed by atoms with van der Waals surface area (Å²) in [5.74, 6) is 0.560. The highest BCUT2D eigenvalue weighted by atomic mass is 14.8. The summed E-state index contributed by atoms with van der Waals surface area (Å²) in [5, 5.41) is 1.12. The minimum absolute atomic E-state index is 0.560. The molecule has 2 aromatic rings. The van der Waals surface area contributed by atoms with Crippen molar-refractivity contribution in [1.82, 2.24) is 9.97 Å². The first-order valence-corrected chi connectivity index (χ1v) is 6.47. The van der Waals surface area contributed by atoms with Crippen LogP contribution >= 0.6 is 0 Å². The summed E-state index contributed by atoms with van der Waals surface area (Å²) in [5.41, 5.74) is 2.35. The van der Waals surface area contributed by atoms with Gasteiger partial charge in [0.15, 0.2) is 0 Å². The third kappa shape index (κ3) is 4.51. The van der Waals surface area contributed by atoms with Gasteiger partial charge in [-0.1, -0.05) is 47.6 Å². The number of rotatable bonds is 1. The molecule has 0 fully saturated rings. The molecule has 0 aliphatic carbocycles. The van der Waals surface area contributed by atoms with Crippen LogP contribution in [-0.4, -0.2) is 9.97 Å². The molecular weight excluding hydrogens is 208 g/mol. The monoisotopic (exact) mass is 232 g/mol. The van der Waals surface area contributed by atoms with E-state index in [0.29, 0.717) is 5.92 Å². The maximum absolute atomic E-state index is 4.17. The Balaban J connectivity index is 0.000000581. The third-order valence-corrected chi connectivity index (χ3v) is 2.20. The van der Waals surface area contributed by atoms with Crippen molar-refractivity contribution in [2.45, 2.75) is 47.5 Å². The molecule has 0 saturated carbocycles. The lowest BCUT2D eigenvalue weighted by atomic mass is 10.0. The Kier molecular flexibility index (Phi) is 7.95. The molecule has 2 nitrogen and oxygen atoms in total. The highest BCUT2D eigenvalue weighted by Gasteiger charge is 2.00. The van der Waals surface area contributed by atoms with Gasteiger partial charge in [-0.15, -0.1) is 0 Å². The zero-order chi connectivity index (χ0) is 13.3. The fourth-order valence-corrected chi connectivity index (χ4v) is 1.36. The Morgan fingerprint density at radius 1 is 1.00 bits per heavy atom. The molecule has 0 unspecified atom stereocenters. The molecule has 0 bridgehead atoms. The Morgan fingerprint density at radius 2 is 1.65 bits per heavy atom. The van der Waals surface area contributed by atoms with E-state index in [1.165, 1.54) is 5.56 Å². The van der Waals surface area contributed by atoms with Gasteiger partial charge in [0.1, 0.15) is 6.33 Å². The Labute approximate surface area is 105 Å². The first-order chi connectivity index (χ1) is 8.27. The van der Waals surface area contributed by atoms with Gasteiger partial charge in [-0.3, -0.25) is 0 Å². The van der Waals surface area contributed by atoms with Crippen molar-refractivity contribution in [3.63, 3.8) is 0 Å². The highest BCUT2D eigenvalue weighted by Crippen LogP contribution is 2.18. The van der Waals surface area contributed by atoms with Crippen molar-refractivity contribution in [1.29, 1.82) is 0 Å². The average molecular weight is 232 g/mol. The molecule has 0 spiro atoms. The van der Waals surface area contributed by atoms with Crippen molar-refractivity contribution in [2.24, 2.45) is 0 Å². The van der Waals surface area contributed by atoms with Crippen LogP contribution in [0, 0.1) is 0 Å². The molecule has 0 saturated heterocycles. The second-order valence-corrected chi connectivity index (χ2v) is 3.50. The van der Waals surface area contributed by atoms with Crippen LogP contribution < -0.4 is 0 Å². The largest absolute Gasteiger partial charge is 0.244 e. The summed E-state index contributed by atoms with van der Waals surface area (Å²) < 4.78 is 0. The summed E-state index contributed by atoms with van der Waals surface area (Å²) in [6, 6.07) is 6.33. The van der Waals surface area contributed by atoms with Crippen LogP contribution in [0.1, 0.15) is 53.0 Å². The predicted octanol–water partition coefficient (Wildman–Crippen LogP) is 4.81. The second-order valence-electron chi connectivity index (χ2n) is 3.50. The van der Waals surface area contributed by atoms with Crippen LogP contribution in [0.5, 0.6) is 0 Å². The van der Waals surface area contributed by atoms with Crippen LogP contribution in [0.4, 0.5) is 0 Å². The number of nitrogens with zero attached hydrogens (tertiary/aromatic N) is 2. The lowest BCUT2D eigenvalue weighted by molar-refractivity contribution is 0.868.